The fourth-order valence-electron chi connectivity index (χ4n) is 2.62. The van der Waals surface area contributed by atoms with Crippen LogP contribution < -0.4 is 5.32 Å². The summed E-state index contributed by atoms with van der Waals surface area (Å²) in [5.41, 5.74) is 3.47. The summed E-state index contributed by atoms with van der Waals surface area (Å²) in [5.74, 6) is 0.0868. The van der Waals surface area contributed by atoms with Gasteiger partial charge in [-0.25, -0.2) is 0 Å². The van der Waals surface area contributed by atoms with Gasteiger partial charge in [0.2, 0.25) is 5.91 Å². The minimum Gasteiger partial charge on any atom is -0.361 e. The van der Waals surface area contributed by atoms with E-state index in [1.54, 1.807) is 10.9 Å². The average molecular weight is 296 g/mol. The number of carbonyl (C=O) groups excluding carboxylic acids is 1. The molecule has 2 aromatic heterocycles. The van der Waals surface area contributed by atoms with Crippen LogP contribution in [0.15, 0.2) is 42.9 Å². The smallest absolute Gasteiger partial charge is 0.220 e. The topological polar surface area (TPSA) is 62.7 Å². The second-order valence-electron chi connectivity index (χ2n) is 5.48. The number of nitrogens with one attached hydrogen (secondary N) is 2. The number of para-hydroxylation sites is 1. The van der Waals surface area contributed by atoms with E-state index in [2.05, 4.69) is 27.5 Å². The van der Waals surface area contributed by atoms with Crippen LogP contribution in [0, 0.1) is 0 Å². The van der Waals surface area contributed by atoms with E-state index in [-0.39, 0.29) is 5.91 Å². The van der Waals surface area contributed by atoms with Crippen LogP contribution in [0.25, 0.3) is 10.9 Å². The molecule has 3 rings (SSSR count). The molecule has 0 saturated heterocycles. The lowest BCUT2D eigenvalue weighted by Gasteiger charge is -2.04. The van der Waals surface area contributed by atoms with Crippen LogP contribution in [0.3, 0.4) is 0 Å². The number of hydrogen-bond acceptors (Lipinski definition) is 2. The van der Waals surface area contributed by atoms with E-state index in [9.17, 15) is 4.79 Å². The van der Waals surface area contributed by atoms with Crippen molar-refractivity contribution in [3.8, 4) is 0 Å². The van der Waals surface area contributed by atoms with Crippen LogP contribution >= 0.6 is 0 Å². The SMILES string of the molecule is Cn1cc(CCC(=O)NCCc2c[nH]c3ccccc23)cn1. The number of hydrogen-bond donors (Lipinski definition) is 2. The van der Waals surface area contributed by atoms with Crippen molar-refractivity contribution in [3.05, 3.63) is 54.0 Å². The van der Waals surface area contributed by atoms with E-state index >= 15 is 0 Å². The maximum Gasteiger partial charge on any atom is 0.220 e. The Bertz CT molecular complexity index is 772. The van der Waals surface area contributed by atoms with Crippen molar-refractivity contribution in [2.24, 2.45) is 7.05 Å². The van der Waals surface area contributed by atoms with Crippen LogP contribution in [0.2, 0.25) is 0 Å². The monoisotopic (exact) mass is 296 g/mol. The van der Waals surface area contributed by atoms with Gasteiger partial charge >= 0.3 is 0 Å². The Morgan fingerprint density at radius 1 is 1.32 bits per heavy atom. The molecule has 0 aliphatic heterocycles. The lowest BCUT2D eigenvalue weighted by atomic mass is 10.1. The molecule has 22 heavy (non-hydrogen) atoms. The molecule has 0 fully saturated rings. The molecule has 5 nitrogen and oxygen atoms in total. The lowest BCUT2D eigenvalue weighted by Crippen LogP contribution is -2.25. The summed E-state index contributed by atoms with van der Waals surface area (Å²) >= 11 is 0. The number of nitrogens with zero attached hydrogens (tertiary/aromatic N) is 2. The summed E-state index contributed by atoms with van der Waals surface area (Å²) in [7, 11) is 1.88. The zero-order valence-corrected chi connectivity index (χ0v) is 12.7. The third-order valence-electron chi connectivity index (χ3n) is 3.79. The molecule has 0 atom stereocenters. The average Bonchev–Trinajstić information content (AvgIpc) is 3.12. The van der Waals surface area contributed by atoms with E-state index in [1.807, 2.05) is 31.6 Å². The first kappa shape index (κ1) is 14.4. The standard InChI is InChI=1S/C17H20N4O/c1-21-12-13(10-20-21)6-7-17(22)18-9-8-14-11-19-16-5-3-2-4-15(14)16/h2-5,10-12,19H,6-9H2,1H3,(H,18,22). The van der Waals surface area contributed by atoms with Crippen molar-refractivity contribution in [3.63, 3.8) is 0 Å². The first-order valence-electron chi connectivity index (χ1n) is 7.51. The molecule has 3 aromatic rings. The fourth-order valence-corrected chi connectivity index (χ4v) is 2.62. The highest BCUT2D eigenvalue weighted by molar-refractivity contribution is 5.83. The van der Waals surface area contributed by atoms with Gasteiger partial charge in [0.05, 0.1) is 6.20 Å². The minimum atomic E-state index is 0.0868. The molecular formula is C17H20N4O. The molecule has 0 aliphatic carbocycles. The molecule has 2 N–H and O–H groups in total. The molecule has 0 aliphatic rings. The highest BCUT2D eigenvalue weighted by Crippen LogP contribution is 2.17. The highest BCUT2D eigenvalue weighted by Gasteiger charge is 2.05. The maximum absolute atomic E-state index is 11.9. The van der Waals surface area contributed by atoms with Gasteiger partial charge in [-0.1, -0.05) is 18.2 Å². The molecule has 0 saturated carbocycles. The summed E-state index contributed by atoms with van der Waals surface area (Å²) in [6, 6.07) is 8.21. The van der Waals surface area contributed by atoms with E-state index in [0.29, 0.717) is 13.0 Å². The molecule has 1 amide bonds. The molecule has 0 unspecified atom stereocenters. The Balaban J connectivity index is 1.45. The van der Waals surface area contributed by atoms with Crippen molar-refractivity contribution < 1.29 is 4.79 Å². The third kappa shape index (κ3) is 3.36. The van der Waals surface area contributed by atoms with Crippen LogP contribution in [0.5, 0.6) is 0 Å². The van der Waals surface area contributed by atoms with Crippen molar-refractivity contribution >= 4 is 16.8 Å². The molecule has 0 spiro atoms. The lowest BCUT2D eigenvalue weighted by molar-refractivity contribution is -0.121. The number of aromatic amines is 1. The predicted molar refractivity (Wildman–Crippen MR) is 86.5 cm³/mol. The quantitative estimate of drug-likeness (QED) is 0.732. The minimum absolute atomic E-state index is 0.0868. The van der Waals surface area contributed by atoms with Crippen LogP contribution in [0.1, 0.15) is 17.5 Å². The van der Waals surface area contributed by atoms with Gasteiger partial charge < -0.3 is 10.3 Å². The number of carbonyl (C=O) groups is 1. The summed E-state index contributed by atoms with van der Waals surface area (Å²) in [6.45, 7) is 0.660. The van der Waals surface area contributed by atoms with Gasteiger partial charge in [-0.2, -0.15) is 5.10 Å². The summed E-state index contributed by atoms with van der Waals surface area (Å²) < 4.78 is 1.75. The van der Waals surface area contributed by atoms with Crippen molar-refractivity contribution in [2.45, 2.75) is 19.3 Å². The third-order valence-corrected chi connectivity index (χ3v) is 3.79. The first-order valence-corrected chi connectivity index (χ1v) is 7.51. The number of fused-ring (bicyclic) bond motifs is 1. The molecule has 0 radical (unpaired) electrons. The van der Waals surface area contributed by atoms with Gasteiger partial charge in [-0.3, -0.25) is 9.48 Å². The molecule has 5 heteroatoms. The van der Waals surface area contributed by atoms with Gasteiger partial charge in [0.15, 0.2) is 0 Å². The number of aryl methyl sites for hydroxylation is 2. The van der Waals surface area contributed by atoms with Crippen LogP contribution in [-0.4, -0.2) is 27.2 Å². The fraction of sp³-hybridized carbons (Fsp3) is 0.294. The summed E-state index contributed by atoms with van der Waals surface area (Å²) in [5, 5.41) is 8.31. The van der Waals surface area contributed by atoms with Gasteiger partial charge in [-0.15, -0.1) is 0 Å². The largest absolute Gasteiger partial charge is 0.361 e. The number of aromatic nitrogens is 3. The van der Waals surface area contributed by atoms with E-state index < -0.39 is 0 Å². The van der Waals surface area contributed by atoms with E-state index in [1.165, 1.54) is 10.9 Å². The number of amides is 1. The summed E-state index contributed by atoms with van der Waals surface area (Å²) in [4.78, 5) is 15.1. The molecular weight excluding hydrogens is 276 g/mol. The number of H-pyrrole nitrogens is 1. The zero-order chi connectivity index (χ0) is 15.4. The van der Waals surface area contributed by atoms with Crippen molar-refractivity contribution in [1.29, 1.82) is 0 Å². The van der Waals surface area contributed by atoms with Gasteiger partial charge in [0, 0.05) is 43.3 Å². The molecule has 0 bridgehead atoms. The predicted octanol–water partition coefficient (Wildman–Crippen LogP) is 2.19. The number of benzene rings is 1. The summed E-state index contributed by atoms with van der Waals surface area (Å²) in [6.07, 6.45) is 7.83. The first-order chi connectivity index (χ1) is 10.7. The molecule has 114 valence electrons. The zero-order valence-electron chi connectivity index (χ0n) is 12.7. The highest BCUT2D eigenvalue weighted by atomic mass is 16.1. The van der Waals surface area contributed by atoms with Crippen LogP contribution in [-0.2, 0) is 24.7 Å². The Morgan fingerprint density at radius 3 is 3.00 bits per heavy atom. The van der Waals surface area contributed by atoms with E-state index in [0.717, 1.165) is 23.9 Å². The second kappa shape index (κ2) is 6.47. The number of rotatable bonds is 6. The Hall–Kier alpha value is -2.56. The molecule has 1 aromatic carbocycles. The van der Waals surface area contributed by atoms with Gasteiger partial charge in [-0.05, 0) is 30.0 Å². The van der Waals surface area contributed by atoms with Crippen molar-refractivity contribution in [2.75, 3.05) is 6.54 Å². The van der Waals surface area contributed by atoms with E-state index in [4.69, 9.17) is 0 Å². The Labute approximate surface area is 129 Å². The van der Waals surface area contributed by atoms with Crippen molar-refractivity contribution in [1.82, 2.24) is 20.1 Å². The maximum atomic E-state index is 11.9. The Kier molecular flexibility index (Phi) is 4.23. The van der Waals surface area contributed by atoms with Gasteiger partial charge in [0.1, 0.15) is 0 Å². The second-order valence-corrected chi connectivity index (χ2v) is 5.48. The normalized spacial score (nSPS) is 11.0. The van der Waals surface area contributed by atoms with Crippen LogP contribution in [0.4, 0.5) is 0 Å². The van der Waals surface area contributed by atoms with Gasteiger partial charge in [0.25, 0.3) is 0 Å². The Morgan fingerprint density at radius 2 is 2.18 bits per heavy atom. The molecule has 2 heterocycles.